The molecule has 4 aromatic rings. The molecule has 0 saturated carbocycles. The van der Waals surface area contributed by atoms with E-state index < -0.39 is 5.56 Å². The first-order chi connectivity index (χ1) is 14.8. The molecule has 2 aromatic heterocycles. The molecular weight excluding hydrogens is 414 g/mol. The van der Waals surface area contributed by atoms with E-state index in [1.54, 1.807) is 6.08 Å². The number of rotatable bonds is 4. The molecule has 0 bridgehead atoms. The highest BCUT2D eigenvalue weighted by Gasteiger charge is 2.13. The van der Waals surface area contributed by atoms with Gasteiger partial charge in [-0.3, -0.25) is 14.4 Å². The first-order valence-electron chi connectivity index (χ1n) is 9.60. The van der Waals surface area contributed by atoms with Crippen LogP contribution in [0.2, 0.25) is 0 Å². The molecule has 2 heterocycles. The van der Waals surface area contributed by atoms with Crippen molar-refractivity contribution < 1.29 is 9.53 Å². The largest absolute Gasteiger partial charge is 0.426 e. The number of fused-ring (bicyclic) bond motifs is 1. The van der Waals surface area contributed by atoms with Crippen molar-refractivity contribution in [3.8, 4) is 5.75 Å². The number of nitrogens with zero attached hydrogens (tertiary/aromatic N) is 3. The maximum Gasteiger partial charge on any atom is 0.308 e. The third-order valence-electron chi connectivity index (χ3n) is 4.69. The van der Waals surface area contributed by atoms with Crippen molar-refractivity contribution >= 4 is 28.3 Å². The van der Waals surface area contributed by atoms with Crippen LogP contribution in [0.1, 0.15) is 34.9 Å². The van der Waals surface area contributed by atoms with Gasteiger partial charge in [0, 0.05) is 13.3 Å². The summed E-state index contributed by atoms with van der Waals surface area (Å²) < 4.78 is 6.85. The number of ether oxygens (including phenoxy) is 1. The summed E-state index contributed by atoms with van der Waals surface area (Å²) in [6, 6.07) is 13.1. The van der Waals surface area contributed by atoms with Gasteiger partial charge in [-0.15, -0.1) is 0 Å². The quantitative estimate of drug-likeness (QED) is 0.362. The zero-order valence-electron chi connectivity index (χ0n) is 17.2. The van der Waals surface area contributed by atoms with Crippen LogP contribution in [-0.2, 0) is 11.2 Å². The molecule has 0 radical (unpaired) electrons. The highest BCUT2D eigenvalue weighted by Crippen LogP contribution is 2.25. The van der Waals surface area contributed by atoms with Crippen molar-refractivity contribution in [3.05, 3.63) is 95.7 Å². The third kappa shape index (κ3) is 4.29. The summed E-state index contributed by atoms with van der Waals surface area (Å²) in [5, 5.41) is 4.28. The maximum atomic E-state index is 12.9. The van der Waals surface area contributed by atoms with E-state index in [9.17, 15) is 14.4 Å². The molecule has 0 amide bonds. The Kier molecular flexibility index (Phi) is 5.48. The predicted octanol–water partition coefficient (Wildman–Crippen LogP) is 2.19. The molecule has 0 unspecified atom stereocenters. The number of carbonyl (C=O) groups is 1. The van der Waals surface area contributed by atoms with Crippen LogP contribution in [0, 0.1) is 13.8 Å². The summed E-state index contributed by atoms with van der Waals surface area (Å²) in [5.41, 5.74) is 2.72. The number of thiazole rings is 1. The number of aryl methyl sites for hydroxylation is 2. The van der Waals surface area contributed by atoms with Gasteiger partial charge in [0.25, 0.3) is 11.1 Å². The Morgan fingerprint density at radius 1 is 1.13 bits per heavy atom. The summed E-state index contributed by atoms with van der Waals surface area (Å²) in [7, 11) is 0. The number of aromatic nitrogens is 3. The molecule has 31 heavy (non-hydrogen) atoms. The van der Waals surface area contributed by atoms with Crippen LogP contribution in [-0.4, -0.2) is 20.6 Å². The molecule has 0 aliphatic carbocycles. The second kappa shape index (κ2) is 8.23. The topological polar surface area (TPSA) is 90.6 Å². The average molecular weight is 433 g/mol. The van der Waals surface area contributed by atoms with E-state index in [0.717, 1.165) is 33.6 Å². The second-order valence-electron chi connectivity index (χ2n) is 7.21. The lowest BCUT2D eigenvalue weighted by molar-refractivity contribution is -0.131. The predicted molar refractivity (Wildman–Crippen MR) is 119 cm³/mol. The lowest BCUT2D eigenvalue weighted by atomic mass is 10.1. The molecule has 2 aromatic carbocycles. The van der Waals surface area contributed by atoms with E-state index in [1.807, 2.05) is 56.3 Å². The van der Waals surface area contributed by atoms with E-state index in [4.69, 9.17) is 4.74 Å². The SMILES string of the molecule is CC(=O)Oc1c(C)cc(C=c2sc3nc(=O)c(Cc4ccccc4)nn3c2=O)cc1C. The zero-order chi connectivity index (χ0) is 22.1. The van der Waals surface area contributed by atoms with Crippen LogP contribution in [0.4, 0.5) is 0 Å². The van der Waals surface area contributed by atoms with Gasteiger partial charge in [-0.05, 0) is 54.3 Å². The summed E-state index contributed by atoms with van der Waals surface area (Å²) in [6.45, 7) is 5.03. The normalized spacial score (nSPS) is 11.8. The van der Waals surface area contributed by atoms with Crippen molar-refractivity contribution in [2.24, 2.45) is 0 Å². The molecule has 7 nitrogen and oxygen atoms in total. The monoisotopic (exact) mass is 433 g/mol. The fraction of sp³-hybridized carbons (Fsp3) is 0.174. The summed E-state index contributed by atoms with van der Waals surface area (Å²) >= 11 is 1.11. The minimum atomic E-state index is -0.436. The molecular formula is C23H19N3O4S. The summed E-state index contributed by atoms with van der Waals surface area (Å²) in [4.78, 5) is 40.9. The van der Waals surface area contributed by atoms with Crippen molar-refractivity contribution in [1.82, 2.24) is 14.6 Å². The zero-order valence-corrected chi connectivity index (χ0v) is 18.0. The lowest BCUT2D eigenvalue weighted by Crippen LogP contribution is -2.28. The van der Waals surface area contributed by atoms with Crippen LogP contribution in [0.3, 0.4) is 0 Å². The van der Waals surface area contributed by atoms with E-state index in [0.29, 0.717) is 16.7 Å². The number of carbonyl (C=O) groups excluding carboxylic acids is 1. The van der Waals surface area contributed by atoms with Gasteiger partial charge in [0.15, 0.2) is 0 Å². The van der Waals surface area contributed by atoms with Crippen LogP contribution in [0.15, 0.2) is 52.1 Å². The average Bonchev–Trinajstić information content (AvgIpc) is 3.00. The van der Waals surface area contributed by atoms with Crippen LogP contribution in [0.25, 0.3) is 11.0 Å². The Hall–Kier alpha value is -3.65. The van der Waals surface area contributed by atoms with Crippen molar-refractivity contribution in [3.63, 3.8) is 0 Å². The van der Waals surface area contributed by atoms with Gasteiger partial charge in [-0.1, -0.05) is 41.7 Å². The highest BCUT2D eigenvalue weighted by molar-refractivity contribution is 7.15. The molecule has 0 N–H and O–H groups in total. The molecule has 8 heteroatoms. The number of benzene rings is 2. The smallest absolute Gasteiger partial charge is 0.308 e. The van der Waals surface area contributed by atoms with Crippen LogP contribution < -0.4 is 20.4 Å². The molecule has 0 atom stereocenters. The number of esters is 1. The molecule has 4 rings (SSSR count). The Morgan fingerprint density at radius 3 is 2.45 bits per heavy atom. The van der Waals surface area contributed by atoms with Crippen LogP contribution >= 0.6 is 11.3 Å². The van der Waals surface area contributed by atoms with Gasteiger partial charge in [0.05, 0.1) is 4.53 Å². The van der Waals surface area contributed by atoms with E-state index in [2.05, 4.69) is 10.1 Å². The fourth-order valence-electron chi connectivity index (χ4n) is 3.36. The van der Waals surface area contributed by atoms with E-state index >= 15 is 0 Å². The van der Waals surface area contributed by atoms with Gasteiger partial charge in [-0.25, -0.2) is 0 Å². The Morgan fingerprint density at radius 2 is 1.81 bits per heavy atom. The first kappa shape index (κ1) is 20.6. The van der Waals surface area contributed by atoms with Crippen molar-refractivity contribution in [2.45, 2.75) is 27.2 Å². The maximum absolute atomic E-state index is 12.9. The van der Waals surface area contributed by atoms with Gasteiger partial charge < -0.3 is 4.74 Å². The van der Waals surface area contributed by atoms with Crippen molar-refractivity contribution in [1.29, 1.82) is 0 Å². The summed E-state index contributed by atoms with van der Waals surface area (Å²) in [6.07, 6.45) is 2.03. The van der Waals surface area contributed by atoms with E-state index in [1.165, 1.54) is 11.4 Å². The fourth-order valence-corrected chi connectivity index (χ4v) is 4.27. The highest BCUT2D eigenvalue weighted by atomic mass is 32.1. The van der Waals surface area contributed by atoms with Gasteiger partial charge >= 0.3 is 5.97 Å². The van der Waals surface area contributed by atoms with E-state index in [-0.39, 0.29) is 22.2 Å². The third-order valence-corrected chi connectivity index (χ3v) is 5.65. The Balaban J connectivity index is 1.78. The molecule has 0 aliphatic rings. The Bertz CT molecular complexity index is 1450. The minimum Gasteiger partial charge on any atom is -0.426 e. The standard InChI is InChI=1S/C23H19N3O4S/c1-13-9-17(10-14(2)20(13)30-15(3)27)12-19-22(29)26-23(31-19)24-21(28)18(25-26)11-16-7-5-4-6-8-16/h4-10,12H,11H2,1-3H3. The molecule has 0 aliphatic heterocycles. The molecule has 0 spiro atoms. The molecule has 0 fully saturated rings. The van der Waals surface area contributed by atoms with Gasteiger partial charge in [-0.2, -0.15) is 14.6 Å². The number of hydrogen-bond donors (Lipinski definition) is 0. The lowest BCUT2D eigenvalue weighted by Gasteiger charge is -2.10. The van der Waals surface area contributed by atoms with Gasteiger partial charge in [0.1, 0.15) is 11.4 Å². The number of hydrogen-bond acceptors (Lipinski definition) is 7. The molecule has 156 valence electrons. The minimum absolute atomic E-state index is 0.225. The second-order valence-corrected chi connectivity index (χ2v) is 8.22. The van der Waals surface area contributed by atoms with Crippen molar-refractivity contribution in [2.75, 3.05) is 0 Å². The Labute approximate surface area is 181 Å². The first-order valence-corrected chi connectivity index (χ1v) is 10.4. The molecule has 0 saturated heterocycles. The summed E-state index contributed by atoms with van der Waals surface area (Å²) in [5.74, 6) is 0.130. The van der Waals surface area contributed by atoms with Crippen LogP contribution in [0.5, 0.6) is 5.75 Å². The van der Waals surface area contributed by atoms with Gasteiger partial charge in [0.2, 0.25) is 4.96 Å².